The Morgan fingerprint density at radius 1 is 1.48 bits per heavy atom. The average molecular weight is 311 g/mol. The lowest BCUT2D eigenvalue weighted by molar-refractivity contribution is -0.384. The Morgan fingerprint density at radius 2 is 2.19 bits per heavy atom. The smallest absolute Gasteiger partial charge is 0.296 e. The number of hydrogen-bond donors (Lipinski definition) is 3. The molecule has 0 unspecified atom stereocenters. The maximum atomic E-state index is 11.9. The number of nitrogens with zero attached hydrogens (tertiary/aromatic N) is 1. The van der Waals surface area contributed by atoms with E-state index < -0.39 is 4.92 Å². The van der Waals surface area contributed by atoms with E-state index in [-0.39, 0.29) is 28.8 Å². The first-order chi connectivity index (χ1) is 10.1. The van der Waals surface area contributed by atoms with Gasteiger partial charge in [0, 0.05) is 5.25 Å². The number of aromatic hydroxyl groups is 1. The van der Waals surface area contributed by atoms with Crippen molar-refractivity contribution in [3.05, 3.63) is 28.3 Å². The lowest BCUT2D eigenvalue weighted by Gasteiger charge is -2.21. The van der Waals surface area contributed by atoms with Gasteiger partial charge in [-0.05, 0) is 38.1 Å². The topological polar surface area (TPSA) is 104 Å². The van der Waals surface area contributed by atoms with Crippen molar-refractivity contribution < 1.29 is 14.8 Å². The molecular formula is C13H17N3O4S. The van der Waals surface area contributed by atoms with Crippen LogP contribution in [0, 0.1) is 10.1 Å². The lowest BCUT2D eigenvalue weighted by Crippen LogP contribution is -2.30. The van der Waals surface area contributed by atoms with Crippen molar-refractivity contribution in [1.29, 1.82) is 0 Å². The largest absolute Gasteiger partial charge is 0.508 e. The molecule has 8 heteroatoms. The Balaban J connectivity index is 1.91. The van der Waals surface area contributed by atoms with Crippen molar-refractivity contribution in [1.82, 2.24) is 5.32 Å². The molecule has 0 aromatic heterocycles. The highest BCUT2D eigenvalue weighted by Gasteiger charge is 2.18. The van der Waals surface area contributed by atoms with E-state index in [1.165, 1.54) is 12.1 Å². The van der Waals surface area contributed by atoms with E-state index in [1.54, 1.807) is 11.8 Å². The third kappa shape index (κ3) is 4.61. The molecule has 0 atom stereocenters. The molecule has 1 aromatic rings. The van der Waals surface area contributed by atoms with Gasteiger partial charge in [0.25, 0.3) is 5.69 Å². The van der Waals surface area contributed by atoms with Crippen LogP contribution in [0.4, 0.5) is 11.4 Å². The number of thioether (sulfide) groups is 1. The number of benzene rings is 1. The Hall–Kier alpha value is -1.80. The number of nitro groups is 1. The van der Waals surface area contributed by atoms with Crippen LogP contribution in [0.15, 0.2) is 18.2 Å². The minimum Gasteiger partial charge on any atom is -0.508 e. The van der Waals surface area contributed by atoms with Crippen LogP contribution in [0.1, 0.15) is 12.8 Å². The van der Waals surface area contributed by atoms with Crippen LogP contribution in [0.25, 0.3) is 0 Å². The molecule has 0 bridgehead atoms. The first kappa shape index (κ1) is 15.6. The summed E-state index contributed by atoms with van der Waals surface area (Å²) in [7, 11) is 0. The summed E-state index contributed by atoms with van der Waals surface area (Å²) in [4.78, 5) is 22.1. The number of carbonyl (C=O) groups is 1. The van der Waals surface area contributed by atoms with Crippen molar-refractivity contribution in [2.24, 2.45) is 0 Å². The molecule has 0 spiro atoms. The third-order valence-electron chi connectivity index (χ3n) is 3.19. The summed E-state index contributed by atoms with van der Waals surface area (Å²) < 4.78 is 0. The van der Waals surface area contributed by atoms with Crippen LogP contribution >= 0.6 is 11.8 Å². The van der Waals surface area contributed by atoms with Crippen molar-refractivity contribution in [3.63, 3.8) is 0 Å². The van der Waals surface area contributed by atoms with Gasteiger partial charge in [-0.2, -0.15) is 0 Å². The van der Waals surface area contributed by atoms with Crippen LogP contribution in [0.3, 0.4) is 0 Å². The van der Waals surface area contributed by atoms with Gasteiger partial charge in [-0.15, -0.1) is 11.8 Å². The molecule has 2 rings (SSSR count). The van der Waals surface area contributed by atoms with E-state index in [0.717, 1.165) is 32.0 Å². The highest BCUT2D eigenvalue weighted by atomic mass is 32.2. The number of carbonyl (C=O) groups excluding carboxylic acids is 1. The lowest BCUT2D eigenvalue weighted by atomic mass is 10.2. The number of hydrogen-bond acceptors (Lipinski definition) is 6. The van der Waals surface area contributed by atoms with Gasteiger partial charge >= 0.3 is 0 Å². The SMILES string of the molecule is O=C(CSC1CCNCC1)Nc1ccc(O)cc1[N+](=O)[O-]. The summed E-state index contributed by atoms with van der Waals surface area (Å²) in [5.74, 6) is -0.209. The van der Waals surface area contributed by atoms with Gasteiger partial charge in [0.05, 0.1) is 16.7 Å². The monoisotopic (exact) mass is 311 g/mol. The van der Waals surface area contributed by atoms with Crippen molar-refractivity contribution in [2.45, 2.75) is 18.1 Å². The second kappa shape index (κ2) is 7.28. The molecule has 1 aromatic carbocycles. The number of phenolic OH excluding ortho intramolecular Hbond substituents is 1. The summed E-state index contributed by atoms with van der Waals surface area (Å²) in [6, 6.07) is 3.67. The quantitative estimate of drug-likeness (QED) is 0.434. The number of phenols is 1. The molecule has 21 heavy (non-hydrogen) atoms. The second-order valence-electron chi connectivity index (χ2n) is 4.77. The van der Waals surface area contributed by atoms with Crippen LogP contribution in [0.5, 0.6) is 5.75 Å². The minimum atomic E-state index is -0.630. The minimum absolute atomic E-state index is 0.105. The summed E-state index contributed by atoms with van der Waals surface area (Å²) >= 11 is 1.57. The van der Waals surface area contributed by atoms with Gasteiger partial charge in [-0.25, -0.2) is 0 Å². The molecular weight excluding hydrogens is 294 g/mol. The second-order valence-corrected chi connectivity index (χ2v) is 6.06. The predicted octanol–water partition coefficient (Wildman–Crippen LogP) is 1.72. The highest BCUT2D eigenvalue weighted by molar-refractivity contribution is 8.00. The van der Waals surface area contributed by atoms with Gasteiger partial charge in [-0.3, -0.25) is 14.9 Å². The Morgan fingerprint density at radius 3 is 2.86 bits per heavy atom. The summed E-state index contributed by atoms with van der Waals surface area (Å²) in [5.41, 5.74) is -0.205. The summed E-state index contributed by atoms with van der Waals surface area (Å²) in [6.07, 6.45) is 2.05. The number of nitrogens with one attached hydrogen (secondary N) is 2. The third-order valence-corrected chi connectivity index (χ3v) is 4.56. The first-order valence-electron chi connectivity index (χ1n) is 6.66. The molecule has 114 valence electrons. The molecule has 1 saturated heterocycles. The molecule has 3 N–H and O–H groups in total. The predicted molar refractivity (Wildman–Crippen MR) is 81.7 cm³/mol. The molecule has 1 aliphatic heterocycles. The number of amides is 1. The van der Waals surface area contributed by atoms with E-state index in [4.69, 9.17) is 0 Å². The molecule has 1 amide bonds. The number of piperidine rings is 1. The maximum Gasteiger partial charge on any atom is 0.296 e. The van der Waals surface area contributed by atoms with Crippen LogP contribution in [-0.2, 0) is 4.79 Å². The normalized spacial score (nSPS) is 15.6. The fourth-order valence-corrected chi connectivity index (χ4v) is 3.15. The molecule has 0 saturated carbocycles. The van der Waals surface area contributed by atoms with Crippen molar-refractivity contribution in [3.8, 4) is 5.75 Å². The van der Waals surface area contributed by atoms with E-state index in [1.807, 2.05) is 0 Å². The van der Waals surface area contributed by atoms with Gasteiger partial charge in [-0.1, -0.05) is 0 Å². The molecule has 1 aliphatic rings. The van der Waals surface area contributed by atoms with Gasteiger partial charge in [0.1, 0.15) is 11.4 Å². The average Bonchev–Trinajstić information content (AvgIpc) is 2.48. The molecule has 0 radical (unpaired) electrons. The zero-order valence-electron chi connectivity index (χ0n) is 11.4. The van der Waals surface area contributed by atoms with Gasteiger partial charge in [0.15, 0.2) is 0 Å². The van der Waals surface area contributed by atoms with Crippen LogP contribution in [0.2, 0.25) is 0 Å². The highest BCUT2D eigenvalue weighted by Crippen LogP contribution is 2.28. The fraction of sp³-hybridized carbons (Fsp3) is 0.462. The first-order valence-corrected chi connectivity index (χ1v) is 7.70. The number of anilines is 1. The summed E-state index contributed by atoms with van der Waals surface area (Å²) in [5, 5.41) is 26.4. The Bertz CT molecular complexity index is 532. The Kier molecular flexibility index (Phi) is 5.40. The van der Waals surface area contributed by atoms with Crippen molar-refractivity contribution >= 4 is 29.0 Å². The van der Waals surface area contributed by atoms with Crippen molar-refractivity contribution in [2.75, 3.05) is 24.2 Å². The molecule has 1 fully saturated rings. The maximum absolute atomic E-state index is 11.9. The number of nitro benzene ring substituents is 1. The fourth-order valence-electron chi connectivity index (χ4n) is 2.12. The van der Waals surface area contributed by atoms with Crippen LogP contribution in [-0.4, -0.2) is 40.0 Å². The standard InChI is InChI=1S/C13H17N3O4S/c17-9-1-2-11(12(7-9)16(19)20)15-13(18)8-21-10-3-5-14-6-4-10/h1-2,7,10,14,17H,3-6,8H2,(H,15,18). The zero-order chi connectivity index (χ0) is 15.2. The molecule has 1 heterocycles. The van der Waals surface area contributed by atoms with Gasteiger partial charge < -0.3 is 15.7 Å². The Labute approximate surface area is 126 Å². The zero-order valence-corrected chi connectivity index (χ0v) is 12.2. The van der Waals surface area contributed by atoms with E-state index in [0.29, 0.717) is 5.25 Å². The van der Waals surface area contributed by atoms with Crippen LogP contribution < -0.4 is 10.6 Å². The molecule has 7 nitrogen and oxygen atoms in total. The summed E-state index contributed by atoms with van der Waals surface area (Å²) in [6.45, 7) is 1.92. The number of rotatable bonds is 5. The van der Waals surface area contributed by atoms with Gasteiger partial charge in [0.2, 0.25) is 5.91 Å². The van der Waals surface area contributed by atoms with E-state index in [9.17, 15) is 20.0 Å². The van der Waals surface area contributed by atoms with E-state index >= 15 is 0 Å². The molecule has 0 aliphatic carbocycles. The van der Waals surface area contributed by atoms with E-state index in [2.05, 4.69) is 10.6 Å².